The molecule has 0 spiro atoms. The number of nitrogens with zero attached hydrogens (tertiary/aromatic N) is 3. The molecule has 1 saturated heterocycles. The van der Waals surface area contributed by atoms with E-state index in [0.717, 1.165) is 6.42 Å². The number of carbonyl (C=O) groups excluding carboxylic acids is 4. The Kier molecular flexibility index (Phi) is 9.90. The maximum atomic E-state index is 12.4. The van der Waals surface area contributed by atoms with Gasteiger partial charge in [0.2, 0.25) is 11.8 Å². The van der Waals surface area contributed by atoms with Crippen molar-refractivity contribution in [2.75, 3.05) is 46.2 Å². The summed E-state index contributed by atoms with van der Waals surface area (Å²) in [5.74, 6) is -0.115. The van der Waals surface area contributed by atoms with Crippen LogP contribution in [0.2, 0.25) is 0 Å². The topological polar surface area (TPSA) is 87.2 Å². The Morgan fingerprint density at radius 3 is 2.16 bits per heavy atom. The number of hydrogen-bond acceptors (Lipinski definition) is 7. The third kappa shape index (κ3) is 8.16. The Hall–Kier alpha value is -1.52. The van der Waals surface area contributed by atoms with Crippen LogP contribution in [-0.2, 0) is 23.9 Å². The lowest BCUT2D eigenvalue weighted by atomic mass is 10.1. The van der Waals surface area contributed by atoms with Gasteiger partial charge in [-0.25, -0.2) is 0 Å². The minimum absolute atomic E-state index is 0.0640. The Balaban J connectivity index is 2.04. The second kappa shape index (κ2) is 11.9. The molecule has 8 nitrogen and oxygen atoms in total. The fourth-order valence-corrected chi connectivity index (χ4v) is 5.59. The summed E-state index contributed by atoms with van der Waals surface area (Å²) in [4.78, 5) is 53.4. The summed E-state index contributed by atoms with van der Waals surface area (Å²) in [6.07, 6.45) is 5.78. The Bertz CT molecular complexity index is 695. The highest BCUT2D eigenvalue weighted by molar-refractivity contribution is 8.77. The van der Waals surface area contributed by atoms with Gasteiger partial charge in [-0.3, -0.25) is 24.1 Å². The second-order valence-corrected chi connectivity index (χ2v) is 11.3. The lowest BCUT2D eigenvalue weighted by Crippen LogP contribution is -2.43. The molecular weight excluding hydrogens is 438 g/mol. The smallest absolute Gasteiger partial charge is 0.253 e. The van der Waals surface area contributed by atoms with Gasteiger partial charge in [-0.2, -0.15) is 0 Å². The monoisotopic (exact) mass is 470 g/mol. The summed E-state index contributed by atoms with van der Waals surface area (Å²) in [6, 6.07) is -0.492. The molecule has 10 heteroatoms. The molecule has 1 fully saturated rings. The molecule has 0 N–H and O–H groups in total. The van der Waals surface area contributed by atoms with E-state index in [1.165, 1.54) is 17.1 Å². The van der Waals surface area contributed by atoms with Crippen LogP contribution >= 0.6 is 21.6 Å². The Labute approximate surface area is 192 Å². The van der Waals surface area contributed by atoms with Gasteiger partial charge in [0.05, 0.1) is 25.7 Å². The normalized spacial score (nSPS) is 25.7. The van der Waals surface area contributed by atoms with E-state index in [9.17, 15) is 19.2 Å². The summed E-state index contributed by atoms with van der Waals surface area (Å²) < 4.78 is 5.55. The molecule has 0 aromatic rings. The number of carbonyl (C=O) groups is 4. The third-order valence-corrected chi connectivity index (χ3v) is 8.43. The van der Waals surface area contributed by atoms with Gasteiger partial charge < -0.3 is 14.5 Å². The van der Waals surface area contributed by atoms with E-state index in [-0.39, 0.29) is 48.0 Å². The molecule has 2 aliphatic rings. The van der Waals surface area contributed by atoms with Crippen molar-refractivity contribution in [3.63, 3.8) is 0 Å². The van der Waals surface area contributed by atoms with Crippen molar-refractivity contribution in [3.05, 3.63) is 18.6 Å². The number of likely N-dealkylation sites (N-methyl/N-ethyl adjacent to an activating group) is 2. The summed E-state index contributed by atoms with van der Waals surface area (Å²) in [6.45, 7) is 5.48. The third-order valence-electron chi connectivity index (χ3n) is 5.21. The quantitative estimate of drug-likeness (QED) is 0.426. The van der Waals surface area contributed by atoms with Crippen LogP contribution in [0.15, 0.2) is 12.2 Å². The van der Waals surface area contributed by atoms with Crippen LogP contribution in [0.1, 0.15) is 33.1 Å². The fraction of sp³-hybridized carbons (Fsp3) is 0.667. The van der Waals surface area contributed by atoms with Gasteiger partial charge in [0, 0.05) is 56.3 Å². The van der Waals surface area contributed by atoms with E-state index in [2.05, 4.69) is 13.8 Å². The lowest BCUT2D eigenvalue weighted by Gasteiger charge is -2.28. The largest absolute Gasteiger partial charge is 0.379 e. The molecule has 31 heavy (non-hydrogen) atoms. The van der Waals surface area contributed by atoms with Crippen LogP contribution in [0.5, 0.6) is 0 Å². The van der Waals surface area contributed by atoms with E-state index in [4.69, 9.17) is 4.74 Å². The molecule has 0 aromatic heterocycles. The maximum Gasteiger partial charge on any atom is 0.253 e. The van der Waals surface area contributed by atoms with Crippen LogP contribution in [-0.4, -0.2) is 95.3 Å². The Morgan fingerprint density at radius 1 is 0.968 bits per heavy atom. The van der Waals surface area contributed by atoms with E-state index >= 15 is 0 Å². The zero-order valence-electron chi connectivity index (χ0n) is 18.7. The van der Waals surface area contributed by atoms with Crippen molar-refractivity contribution in [1.29, 1.82) is 0 Å². The average Bonchev–Trinajstić information content (AvgIpc) is 3.06. The number of rotatable bonds is 1. The van der Waals surface area contributed by atoms with Gasteiger partial charge in [0.15, 0.2) is 0 Å². The minimum atomic E-state index is -0.492. The minimum Gasteiger partial charge on any atom is -0.379 e. The summed E-state index contributed by atoms with van der Waals surface area (Å²) >= 11 is 0. The first-order valence-corrected chi connectivity index (χ1v) is 12.7. The van der Waals surface area contributed by atoms with Gasteiger partial charge in [-0.1, -0.05) is 21.6 Å². The first kappa shape index (κ1) is 25.7. The van der Waals surface area contributed by atoms with Gasteiger partial charge in [-0.15, -0.1) is 0 Å². The van der Waals surface area contributed by atoms with Crippen molar-refractivity contribution < 1.29 is 23.9 Å². The fourth-order valence-electron chi connectivity index (χ4n) is 3.07. The summed E-state index contributed by atoms with van der Waals surface area (Å²) in [5.41, 5.74) is 0. The molecule has 2 aliphatic heterocycles. The first-order chi connectivity index (χ1) is 14.6. The highest BCUT2D eigenvalue weighted by atomic mass is 33.1. The molecule has 2 heterocycles. The van der Waals surface area contributed by atoms with Crippen molar-refractivity contribution in [2.24, 2.45) is 0 Å². The molecule has 0 saturated carbocycles. The van der Waals surface area contributed by atoms with Crippen LogP contribution < -0.4 is 0 Å². The molecule has 1 radical (unpaired) electrons. The molecule has 1 atom stereocenters. The molecule has 4 amide bonds. The molecular formula is C21H32N3O5S2. The summed E-state index contributed by atoms with van der Waals surface area (Å²) in [7, 11) is 6.78. The molecule has 0 aromatic carbocycles. The van der Waals surface area contributed by atoms with Gasteiger partial charge in [0.25, 0.3) is 11.8 Å². The molecule has 1 unspecified atom stereocenters. The van der Waals surface area contributed by atoms with Crippen LogP contribution in [0.4, 0.5) is 0 Å². The standard InChI is InChI=1S/C21H32N3O5S2/c1-21(2)10-7-17(25)22(3)11-12-23(4)18(26)8-13-29-15-16(9-14-30-31-21)24-19(27)5-6-20(24)28/h5-6,9,16H,7-8,10-15H2,1-4H3. The van der Waals surface area contributed by atoms with Crippen LogP contribution in [0.3, 0.4) is 0 Å². The highest BCUT2D eigenvalue weighted by Gasteiger charge is 2.31. The molecule has 173 valence electrons. The van der Waals surface area contributed by atoms with Crippen LogP contribution in [0.25, 0.3) is 0 Å². The van der Waals surface area contributed by atoms with Crippen molar-refractivity contribution >= 4 is 45.2 Å². The van der Waals surface area contributed by atoms with Gasteiger partial charge in [-0.05, 0) is 26.7 Å². The zero-order valence-corrected chi connectivity index (χ0v) is 20.3. The van der Waals surface area contributed by atoms with Crippen molar-refractivity contribution in [3.8, 4) is 0 Å². The average molecular weight is 471 g/mol. The SMILES string of the molecule is CN1CCN(C)C(=O)CCC(C)(C)SSC[CH]C(N2C(=O)C=CC2=O)COCCC1=O. The number of imide groups is 1. The first-order valence-electron chi connectivity index (χ1n) is 10.4. The lowest BCUT2D eigenvalue weighted by molar-refractivity contribution is -0.140. The number of ether oxygens (including phenoxy) is 1. The van der Waals surface area contributed by atoms with Crippen LogP contribution in [0, 0.1) is 6.42 Å². The molecule has 2 rings (SSSR count). The number of amides is 4. The van der Waals surface area contributed by atoms with E-state index in [1.807, 2.05) is 6.42 Å². The van der Waals surface area contributed by atoms with Crippen molar-refractivity contribution in [2.45, 2.75) is 43.9 Å². The van der Waals surface area contributed by atoms with E-state index < -0.39 is 6.04 Å². The van der Waals surface area contributed by atoms with Crippen molar-refractivity contribution in [1.82, 2.24) is 14.7 Å². The Morgan fingerprint density at radius 2 is 1.55 bits per heavy atom. The maximum absolute atomic E-state index is 12.4. The predicted molar refractivity (Wildman–Crippen MR) is 123 cm³/mol. The molecule has 0 aliphatic carbocycles. The van der Waals surface area contributed by atoms with E-state index in [1.54, 1.807) is 45.5 Å². The zero-order chi connectivity index (χ0) is 23.0. The molecule has 0 bridgehead atoms. The highest BCUT2D eigenvalue weighted by Crippen LogP contribution is 2.39. The van der Waals surface area contributed by atoms with Gasteiger partial charge in [0.1, 0.15) is 0 Å². The van der Waals surface area contributed by atoms with Gasteiger partial charge >= 0.3 is 0 Å². The second-order valence-electron chi connectivity index (χ2n) is 8.27. The summed E-state index contributed by atoms with van der Waals surface area (Å²) in [5, 5.41) is 0. The number of hydrogen-bond donors (Lipinski definition) is 0. The predicted octanol–water partition coefficient (Wildman–Crippen LogP) is 1.76. The van der Waals surface area contributed by atoms with E-state index in [0.29, 0.717) is 25.3 Å².